The van der Waals surface area contributed by atoms with Crippen molar-refractivity contribution in [2.75, 3.05) is 30.8 Å². The number of nitrogens with two attached hydrogens (primary N) is 1. The van der Waals surface area contributed by atoms with E-state index in [1.165, 1.54) is 12.8 Å². The van der Waals surface area contributed by atoms with E-state index in [0.717, 1.165) is 0 Å². The number of carbonyl (C=O) groups is 1. The zero-order chi connectivity index (χ0) is 13.7. The average Bonchev–Trinajstić information content (AvgIpc) is 3.21. The van der Waals surface area contributed by atoms with Gasteiger partial charge in [0, 0.05) is 0 Å². The fraction of sp³-hybridized carbons (Fsp3) is 0.538. The maximum absolute atomic E-state index is 11.2. The molecule has 1 heterocycles. The Kier molecular flexibility index (Phi) is 4.43. The molecule has 1 aliphatic carbocycles. The molecule has 1 aliphatic rings. The van der Waals surface area contributed by atoms with E-state index < -0.39 is 0 Å². The number of anilines is 2. The third-order valence-electron chi connectivity index (χ3n) is 2.76. The van der Waals surface area contributed by atoms with Crippen LogP contribution in [0, 0.1) is 5.92 Å². The molecular weight excluding hydrogens is 246 g/mol. The monoisotopic (exact) mass is 265 g/mol. The highest BCUT2D eigenvalue weighted by atomic mass is 16.5. The first-order valence-corrected chi connectivity index (χ1v) is 6.48. The van der Waals surface area contributed by atoms with Gasteiger partial charge in [0.1, 0.15) is 12.4 Å². The first kappa shape index (κ1) is 13.5. The van der Waals surface area contributed by atoms with Gasteiger partial charge in [-0.15, -0.1) is 0 Å². The van der Waals surface area contributed by atoms with Crippen LogP contribution >= 0.6 is 0 Å². The molecule has 1 saturated carbocycles. The van der Waals surface area contributed by atoms with Crippen molar-refractivity contribution in [3.05, 3.63) is 12.1 Å². The predicted molar refractivity (Wildman–Crippen MR) is 72.0 cm³/mol. The van der Waals surface area contributed by atoms with E-state index >= 15 is 0 Å². The van der Waals surface area contributed by atoms with Crippen molar-refractivity contribution in [2.45, 2.75) is 19.8 Å². The lowest BCUT2D eigenvalue weighted by Gasteiger charge is -2.10. The number of rotatable bonds is 7. The fourth-order valence-corrected chi connectivity index (χ4v) is 1.52. The van der Waals surface area contributed by atoms with Gasteiger partial charge in [-0.2, -0.15) is 4.98 Å². The molecule has 104 valence electrons. The molecule has 0 bridgehead atoms. The quantitative estimate of drug-likeness (QED) is 0.725. The molecule has 1 aromatic heterocycles. The predicted octanol–water partition coefficient (Wildman–Crippen LogP) is 1.43. The second-order valence-corrected chi connectivity index (χ2v) is 4.50. The summed E-state index contributed by atoms with van der Waals surface area (Å²) in [6.45, 7) is 2.86. The lowest BCUT2D eigenvalue weighted by atomic mass is 10.4. The van der Waals surface area contributed by atoms with Crippen molar-refractivity contribution in [3.8, 4) is 5.88 Å². The first-order valence-electron chi connectivity index (χ1n) is 6.48. The Morgan fingerprint density at radius 3 is 3.00 bits per heavy atom. The van der Waals surface area contributed by atoms with Crippen LogP contribution in [0.4, 0.5) is 11.5 Å². The van der Waals surface area contributed by atoms with Gasteiger partial charge in [-0.25, -0.2) is 0 Å². The Hall–Kier alpha value is -1.98. The van der Waals surface area contributed by atoms with Crippen LogP contribution in [0.25, 0.3) is 0 Å². The summed E-state index contributed by atoms with van der Waals surface area (Å²) in [4.78, 5) is 15.5. The summed E-state index contributed by atoms with van der Waals surface area (Å²) in [6.07, 6.45) is 2.42. The zero-order valence-electron chi connectivity index (χ0n) is 11.0. The first-order chi connectivity index (χ1) is 9.19. The van der Waals surface area contributed by atoms with Gasteiger partial charge in [0.05, 0.1) is 18.9 Å². The standard InChI is InChI=1S/C13H19N3O3/c1-2-18-12(17)7-15-11-6-5-10(14)13(16-11)19-8-9-3-4-9/h5-6,9H,2-4,7-8,14H2,1H3,(H,15,16). The van der Waals surface area contributed by atoms with Gasteiger partial charge in [-0.1, -0.05) is 0 Å². The third kappa shape index (κ3) is 4.31. The highest BCUT2D eigenvalue weighted by Gasteiger charge is 2.22. The number of nitrogens with one attached hydrogen (secondary N) is 1. The molecule has 0 amide bonds. The summed E-state index contributed by atoms with van der Waals surface area (Å²) >= 11 is 0. The van der Waals surface area contributed by atoms with E-state index in [4.69, 9.17) is 15.2 Å². The van der Waals surface area contributed by atoms with Crippen LogP contribution in [0.3, 0.4) is 0 Å². The van der Waals surface area contributed by atoms with Crippen molar-refractivity contribution in [1.82, 2.24) is 4.98 Å². The van der Waals surface area contributed by atoms with Crippen LogP contribution in [-0.2, 0) is 9.53 Å². The molecule has 6 nitrogen and oxygen atoms in total. The van der Waals surface area contributed by atoms with Crippen molar-refractivity contribution < 1.29 is 14.3 Å². The number of esters is 1. The molecular formula is C13H19N3O3. The second-order valence-electron chi connectivity index (χ2n) is 4.50. The molecule has 0 atom stereocenters. The van der Waals surface area contributed by atoms with Gasteiger partial charge in [0.2, 0.25) is 5.88 Å². The number of aromatic nitrogens is 1. The third-order valence-corrected chi connectivity index (χ3v) is 2.76. The molecule has 0 saturated heterocycles. The number of carbonyl (C=O) groups excluding carboxylic acids is 1. The van der Waals surface area contributed by atoms with Crippen LogP contribution in [0.1, 0.15) is 19.8 Å². The highest BCUT2D eigenvalue weighted by molar-refractivity contribution is 5.74. The minimum Gasteiger partial charge on any atom is -0.476 e. The van der Waals surface area contributed by atoms with E-state index in [1.807, 2.05) is 0 Å². The fourth-order valence-electron chi connectivity index (χ4n) is 1.52. The van der Waals surface area contributed by atoms with Crippen LogP contribution in [-0.4, -0.2) is 30.7 Å². The highest BCUT2D eigenvalue weighted by Crippen LogP contribution is 2.30. The lowest BCUT2D eigenvalue weighted by molar-refractivity contribution is -0.140. The van der Waals surface area contributed by atoms with E-state index in [-0.39, 0.29) is 12.5 Å². The van der Waals surface area contributed by atoms with E-state index in [1.54, 1.807) is 19.1 Å². The summed E-state index contributed by atoms with van der Waals surface area (Å²) in [5, 5.41) is 2.88. The largest absolute Gasteiger partial charge is 0.476 e. The van der Waals surface area contributed by atoms with Gasteiger partial charge in [-0.05, 0) is 37.8 Å². The van der Waals surface area contributed by atoms with E-state index in [2.05, 4.69) is 10.3 Å². The Labute approximate surface area is 112 Å². The normalized spacial score (nSPS) is 13.9. The Bertz CT molecular complexity index is 447. The van der Waals surface area contributed by atoms with Gasteiger partial charge in [-0.3, -0.25) is 4.79 Å². The van der Waals surface area contributed by atoms with Crippen molar-refractivity contribution in [1.29, 1.82) is 0 Å². The van der Waals surface area contributed by atoms with E-state index in [9.17, 15) is 4.79 Å². The molecule has 2 rings (SSSR count). The number of hydrogen-bond donors (Lipinski definition) is 2. The molecule has 19 heavy (non-hydrogen) atoms. The van der Waals surface area contributed by atoms with E-state index in [0.29, 0.717) is 36.5 Å². The number of nitrogens with zero attached hydrogens (tertiary/aromatic N) is 1. The van der Waals surface area contributed by atoms with Gasteiger partial charge >= 0.3 is 5.97 Å². The van der Waals surface area contributed by atoms with Crippen LogP contribution in [0.2, 0.25) is 0 Å². The summed E-state index contributed by atoms with van der Waals surface area (Å²) < 4.78 is 10.4. The Balaban J connectivity index is 1.89. The molecule has 0 aromatic carbocycles. The molecule has 3 N–H and O–H groups in total. The summed E-state index contributed by atoms with van der Waals surface area (Å²) in [6, 6.07) is 3.42. The van der Waals surface area contributed by atoms with Crippen LogP contribution in [0.5, 0.6) is 5.88 Å². The van der Waals surface area contributed by atoms with Gasteiger partial charge in [0.15, 0.2) is 0 Å². The van der Waals surface area contributed by atoms with Crippen molar-refractivity contribution in [2.24, 2.45) is 5.92 Å². The van der Waals surface area contributed by atoms with Crippen LogP contribution in [0.15, 0.2) is 12.1 Å². The van der Waals surface area contributed by atoms with Crippen molar-refractivity contribution in [3.63, 3.8) is 0 Å². The molecule has 1 aromatic rings. The number of pyridine rings is 1. The average molecular weight is 265 g/mol. The zero-order valence-corrected chi connectivity index (χ0v) is 11.0. The molecule has 1 fully saturated rings. The SMILES string of the molecule is CCOC(=O)CNc1ccc(N)c(OCC2CC2)n1. The topological polar surface area (TPSA) is 86.5 Å². The van der Waals surface area contributed by atoms with Crippen LogP contribution < -0.4 is 15.8 Å². The number of nitrogen functional groups attached to an aromatic ring is 1. The molecule has 0 aliphatic heterocycles. The summed E-state index contributed by atoms with van der Waals surface area (Å²) in [7, 11) is 0. The smallest absolute Gasteiger partial charge is 0.325 e. The Morgan fingerprint density at radius 2 is 2.32 bits per heavy atom. The molecule has 0 spiro atoms. The van der Waals surface area contributed by atoms with Crippen molar-refractivity contribution >= 4 is 17.5 Å². The minimum absolute atomic E-state index is 0.0762. The summed E-state index contributed by atoms with van der Waals surface area (Å²) in [5.41, 5.74) is 6.29. The number of ether oxygens (including phenoxy) is 2. The van der Waals surface area contributed by atoms with Gasteiger partial charge < -0.3 is 20.5 Å². The molecule has 0 radical (unpaired) electrons. The van der Waals surface area contributed by atoms with Gasteiger partial charge in [0.25, 0.3) is 0 Å². The number of hydrogen-bond acceptors (Lipinski definition) is 6. The maximum Gasteiger partial charge on any atom is 0.325 e. The molecule has 6 heteroatoms. The summed E-state index contributed by atoms with van der Waals surface area (Å²) in [5.74, 6) is 1.28. The molecule has 0 unspecified atom stereocenters. The lowest BCUT2D eigenvalue weighted by Crippen LogP contribution is -2.17. The minimum atomic E-state index is -0.318. The Morgan fingerprint density at radius 1 is 1.53 bits per heavy atom. The maximum atomic E-state index is 11.2. The second kappa shape index (κ2) is 6.26.